The molecule has 3 rings (SSSR count). The Morgan fingerprint density at radius 3 is 2.80 bits per heavy atom. The Morgan fingerprint density at radius 2 is 2.07 bits per heavy atom. The number of allylic oxidation sites excluding steroid dienone is 1. The fourth-order valence-electron chi connectivity index (χ4n) is 6.53. The van der Waals surface area contributed by atoms with E-state index in [1.807, 2.05) is 6.26 Å². The van der Waals surface area contributed by atoms with E-state index in [1.165, 1.54) is 17.6 Å². The number of nitrogens with one attached hydrogen (secondary N) is 1. The molecule has 4 nitrogen and oxygen atoms in total. The zero-order valence-corrected chi connectivity index (χ0v) is 19.2. The third-order valence-electron chi connectivity index (χ3n) is 8.26. The first kappa shape index (κ1) is 23.1. The first-order valence-corrected chi connectivity index (χ1v) is 12.1. The predicted octanol–water partition coefficient (Wildman–Crippen LogP) is 5.63. The lowest BCUT2D eigenvalue weighted by atomic mass is 9.46. The molecule has 0 bridgehead atoms. The van der Waals surface area contributed by atoms with Crippen molar-refractivity contribution in [1.29, 1.82) is 0 Å². The molecule has 1 aromatic heterocycles. The van der Waals surface area contributed by atoms with E-state index < -0.39 is 0 Å². The molecule has 3 N–H and O–H groups in total. The summed E-state index contributed by atoms with van der Waals surface area (Å²) < 4.78 is 5.26. The first-order chi connectivity index (χ1) is 14.4. The van der Waals surface area contributed by atoms with Crippen molar-refractivity contribution >= 4 is 5.91 Å². The number of furan rings is 1. The molecule has 30 heavy (non-hydrogen) atoms. The molecule has 1 aromatic rings. The fraction of sp³-hybridized carbons (Fsp3) is 0.731. The van der Waals surface area contributed by atoms with Crippen LogP contribution in [0.25, 0.3) is 0 Å². The summed E-state index contributed by atoms with van der Waals surface area (Å²) in [6.07, 6.45) is 15.7. The second kappa shape index (κ2) is 10.2. The minimum absolute atomic E-state index is 0.157. The Balaban J connectivity index is 1.65. The summed E-state index contributed by atoms with van der Waals surface area (Å²) in [7, 11) is 0. The molecule has 4 atom stereocenters. The van der Waals surface area contributed by atoms with Crippen LogP contribution in [0, 0.1) is 22.7 Å². The number of unbranched alkanes of at least 4 members (excludes halogenated alkanes) is 3. The maximum Gasteiger partial charge on any atom is 0.226 e. The van der Waals surface area contributed by atoms with Gasteiger partial charge < -0.3 is 15.5 Å². The smallest absolute Gasteiger partial charge is 0.226 e. The Morgan fingerprint density at radius 1 is 1.27 bits per heavy atom. The van der Waals surface area contributed by atoms with Gasteiger partial charge in [0.25, 0.3) is 0 Å². The molecule has 0 unspecified atom stereocenters. The Kier molecular flexibility index (Phi) is 7.84. The molecule has 1 amide bonds. The number of aryl methyl sites for hydroxylation is 1. The number of amides is 1. The van der Waals surface area contributed by atoms with Crippen LogP contribution < -0.4 is 11.1 Å². The number of fused-ring (bicyclic) bond motifs is 1. The lowest BCUT2D eigenvalue weighted by Crippen LogP contribution is -2.56. The van der Waals surface area contributed by atoms with Crippen LogP contribution in [-0.4, -0.2) is 19.0 Å². The molecule has 168 valence electrons. The highest BCUT2D eigenvalue weighted by Crippen LogP contribution is 2.61. The average molecular weight is 415 g/mol. The van der Waals surface area contributed by atoms with Gasteiger partial charge in [-0.15, -0.1) is 0 Å². The summed E-state index contributed by atoms with van der Waals surface area (Å²) in [4.78, 5) is 13.4. The molecule has 0 spiro atoms. The van der Waals surface area contributed by atoms with Gasteiger partial charge in [-0.2, -0.15) is 0 Å². The molecule has 2 aliphatic carbocycles. The molecule has 0 saturated heterocycles. The third-order valence-corrected chi connectivity index (χ3v) is 8.26. The van der Waals surface area contributed by atoms with Crippen LogP contribution in [0.5, 0.6) is 0 Å². The average Bonchev–Trinajstić information content (AvgIpc) is 3.23. The van der Waals surface area contributed by atoms with E-state index in [2.05, 4.69) is 31.8 Å². The topological polar surface area (TPSA) is 68.3 Å². The minimum Gasteiger partial charge on any atom is -0.472 e. The van der Waals surface area contributed by atoms with Crippen LogP contribution >= 0.6 is 0 Å². The number of hydrogen-bond acceptors (Lipinski definition) is 3. The highest BCUT2D eigenvalue weighted by atomic mass is 16.3. The standard InChI is InChI=1S/C26H42N2O2/c1-20-9-12-23-25(2,22(20)11-10-21-13-18-30-19-21)14-8-15-26(23,3)24(29)28-17-7-5-4-6-16-27/h13,18-19,22-23H,1,4-12,14-17,27H2,2-3H3,(H,28,29)/t22-,23+,25-,26+/m0/s1. The van der Waals surface area contributed by atoms with Gasteiger partial charge in [0.2, 0.25) is 5.91 Å². The molecule has 2 saturated carbocycles. The van der Waals surface area contributed by atoms with Crippen molar-refractivity contribution < 1.29 is 9.21 Å². The highest BCUT2D eigenvalue weighted by molar-refractivity contribution is 5.83. The van der Waals surface area contributed by atoms with Crippen LogP contribution in [0.2, 0.25) is 0 Å². The third kappa shape index (κ3) is 4.85. The van der Waals surface area contributed by atoms with Gasteiger partial charge in [-0.25, -0.2) is 0 Å². The first-order valence-electron chi connectivity index (χ1n) is 12.1. The van der Waals surface area contributed by atoms with Crippen molar-refractivity contribution in [2.45, 2.75) is 84.5 Å². The molecular formula is C26H42N2O2. The Hall–Kier alpha value is -1.55. The number of hydrogen-bond donors (Lipinski definition) is 2. The van der Waals surface area contributed by atoms with E-state index in [1.54, 1.807) is 6.26 Å². The molecule has 0 radical (unpaired) electrons. The number of carbonyl (C=O) groups is 1. The molecule has 0 aliphatic heterocycles. The molecule has 4 heteroatoms. The van der Waals surface area contributed by atoms with Crippen LogP contribution in [0.1, 0.15) is 83.6 Å². The summed E-state index contributed by atoms with van der Waals surface area (Å²) in [5, 5.41) is 3.30. The predicted molar refractivity (Wildman–Crippen MR) is 123 cm³/mol. The minimum atomic E-state index is -0.265. The van der Waals surface area contributed by atoms with Crippen molar-refractivity contribution in [2.75, 3.05) is 13.1 Å². The SMILES string of the molecule is C=C1CC[C@@H]2[C@@](C)(CCC[C@@]2(C)C(=O)NCCCCCCN)[C@H]1CCc1ccoc1. The summed E-state index contributed by atoms with van der Waals surface area (Å²) >= 11 is 0. The summed E-state index contributed by atoms with van der Waals surface area (Å²) in [6, 6.07) is 2.07. The fourth-order valence-corrected chi connectivity index (χ4v) is 6.53. The van der Waals surface area contributed by atoms with E-state index in [0.717, 1.165) is 77.3 Å². The largest absolute Gasteiger partial charge is 0.472 e. The summed E-state index contributed by atoms with van der Waals surface area (Å²) in [5.74, 6) is 1.18. The van der Waals surface area contributed by atoms with Gasteiger partial charge in [0.1, 0.15) is 0 Å². The van der Waals surface area contributed by atoms with E-state index in [4.69, 9.17) is 10.2 Å². The van der Waals surface area contributed by atoms with Gasteiger partial charge >= 0.3 is 0 Å². The molecule has 1 heterocycles. The van der Waals surface area contributed by atoms with E-state index >= 15 is 0 Å². The monoisotopic (exact) mass is 414 g/mol. The van der Waals surface area contributed by atoms with Crippen molar-refractivity contribution in [3.8, 4) is 0 Å². The van der Waals surface area contributed by atoms with Gasteiger partial charge in [-0.1, -0.05) is 45.3 Å². The van der Waals surface area contributed by atoms with Crippen LogP contribution in [0.4, 0.5) is 0 Å². The second-order valence-electron chi connectivity index (χ2n) is 10.2. The van der Waals surface area contributed by atoms with Crippen molar-refractivity contribution in [1.82, 2.24) is 5.32 Å². The van der Waals surface area contributed by atoms with E-state index in [0.29, 0.717) is 11.8 Å². The normalized spacial score (nSPS) is 31.4. The van der Waals surface area contributed by atoms with Crippen LogP contribution in [-0.2, 0) is 11.2 Å². The lowest BCUT2D eigenvalue weighted by Gasteiger charge is -2.58. The number of carbonyl (C=O) groups excluding carboxylic acids is 1. The molecule has 2 aliphatic rings. The van der Waals surface area contributed by atoms with Crippen molar-refractivity contribution in [2.24, 2.45) is 28.4 Å². The zero-order valence-electron chi connectivity index (χ0n) is 19.2. The van der Waals surface area contributed by atoms with Gasteiger partial charge in [0.15, 0.2) is 0 Å². The molecular weight excluding hydrogens is 372 g/mol. The van der Waals surface area contributed by atoms with Gasteiger partial charge in [-0.05, 0) is 86.8 Å². The Bertz CT molecular complexity index is 698. The van der Waals surface area contributed by atoms with E-state index in [9.17, 15) is 4.79 Å². The quantitative estimate of drug-likeness (QED) is 0.385. The van der Waals surface area contributed by atoms with Gasteiger partial charge in [0, 0.05) is 12.0 Å². The van der Waals surface area contributed by atoms with Crippen molar-refractivity contribution in [3.05, 3.63) is 36.3 Å². The number of rotatable bonds is 10. The summed E-state index contributed by atoms with van der Waals surface area (Å²) in [5.41, 5.74) is 8.12. The number of nitrogens with two attached hydrogens (primary N) is 1. The molecule has 0 aromatic carbocycles. The lowest BCUT2D eigenvalue weighted by molar-refractivity contribution is -0.146. The van der Waals surface area contributed by atoms with Crippen molar-refractivity contribution in [3.63, 3.8) is 0 Å². The zero-order chi connectivity index (χ0) is 21.6. The maximum atomic E-state index is 13.4. The Labute approximate surface area is 183 Å². The van der Waals surface area contributed by atoms with Crippen LogP contribution in [0.15, 0.2) is 35.2 Å². The van der Waals surface area contributed by atoms with Crippen LogP contribution in [0.3, 0.4) is 0 Å². The van der Waals surface area contributed by atoms with E-state index in [-0.39, 0.29) is 16.7 Å². The molecule has 2 fully saturated rings. The van der Waals surface area contributed by atoms with Gasteiger partial charge in [-0.3, -0.25) is 4.79 Å². The second-order valence-corrected chi connectivity index (χ2v) is 10.2. The maximum absolute atomic E-state index is 13.4. The summed E-state index contributed by atoms with van der Waals surface area (Å²) in [6.45, 7) is 10.7. The van der Waals surface area contributed by atoms with Gasteiger partial charge in [0.05, 0.1) is 12.5 Å². The highest BCUT2D eigenvalue weighted by Gasteiger charge is 2.56.